The Labute approximate surface area is 424 Å². The normalized spacial score (nSPS) is 13.0. The summed E-state index contributed by atoms with van der Waals surface area (Å²) in [5.41, 5.74) is 0. The van der Waals surface area contributed by atoms with Crippen molar-refractivity contribution < 1.29 is 28.6 Å². The first-order valence-electron chi connectivity index (χ1n) is 28.0. The van der Waals surface area contributed by atoms with Gasteiger partial charge in [-0.2, -0.15) is 0 Å². The number of unbranched alkanes of at least 4 members (excludes halogenated alkanes) is 18. The van der Waals surface area contributed by atoms with E-state index in [0.29, 0.717) is 19.3 Å². The van der Waals surface area contributed by atoms with Crippen molar-refractivity contribution >= 4 is 17.9 Å². The fourth-order valence-electron chi connectivity index (χ4n) is 7.21. The highest BCUT2D eigenvalue weighted by Gasteiger charge is 2.19. The van der Waals surface area contributed by atoms with Crippen LogP contribution in [0, 0.1) is 0 Å². The Hall–Kier alpha value is -4.19. The van der Waals surface area contributed by atoms with Crippen LogP contribution in [-0.4, -0.2) is 37.2 Å². The average Bonchev–Trinajstić information content (AvgIpc) is 3.35. The molecule has 0 spiro atoms. The van der Waals surface area contributed by atoms with Gasteiger partial charge < -0.3 is 14.2 Å². The molecule has 0 radical (unpaired) electrons. The van der Waals surface area contributed by atoms with E-state index in [2.05, 4.69) is 142 Å². The number of ether oxygens (including phenoxy) is 3. The molecule has 0 aliphatic heterocycles. The van der Waals surface area contributed by atoms with Gasteiger partial charge in [0.05, 0.1) is 0 Å². The topological polar surface area (TPSA) is 78.9 Å². The highest BCUT2D eigenvalue weighted by atomic mass is 16.6. The Balaban J connectivity index is 4.53. The molecule has 1 atom stereocenters. The van der Waals surface area contributed by atoms with Crippen LogP contribution in [0.15, 0.2) is 122 Å². The minimum absolute atomic E-state index is 0.109. The van der Waals surface area contributed by atoms with E-state index in [-0.39, 0.29) is 37.5 Å². The number of hydrogen-bond donors (Lipinski definition) is 0. The fourth-order valence-corrected chi connectivity index (χ4v) is 7.21. The molecule has 0 saturated carbocycles. The summed E-state index contributed by atoms with van der Waals surface area (Å²) in [6, 6.07) is 0. The highest BCUT2D eigenvalue weighted by molar-refractivity contribution is 5.71. The molecule has 6 heteroatoms. The molecule has 0 rings (SSSR count). The van der Waals surface area contributed by atoms with Crippen LogP contribution in [0.4, 0.5) is 0 Å². The first-order chi connectivity index (χ1) is 34.0. The molecule has 0 heterocycles. The second-order valence-electron chi connectivity index (χ2n) is 18.1. The summed E-state index contributed by atoms with van der Waals surface area (Å²) in [5, 5.41) is 0. The zero-order chi connectivity index (χ0) is 50.0. The maximum absolute atomic E-state index is 12.8. The van der Waals surface area contributed by atoms with E-state index in [0.717, 1.165) is 128 Å². The summed E-state index contributed by atoms with van der Waals surface area (Å²) in [4.78, 5) is 38.1. The average molecular weight is 956 g/mol. The number of allylic oxidation sites excluding steroid dienone is 20. The molecule has 0 N–H and O–H groups in total. The summed E-state index contributed by atoms with van der Waals surface area (Å²) in [5.74, 6) is -0.986. The Kier molecular flexibility index (Phi) is 53.0. The van der Waals surface area contributed by atoms with Crippen LogP contribution < -0.4 is 0 Å². The summed E-state index contributed by atoms with van der Waals surface area (Å²) < 4.78 is 16.8. The maximum Gasteiger partial charge on any atom is 0.306 e. The lowest BCUT2D eigenvalue weighted by atomic mass is 10.1. The van der Waals surface area contributed by atoms with Gasteiger partial charge in [0.15, 0.2) is 6.10 Å². The van der Waals surface area contributed by atoms with Crippen molar-refractivity contribution in [3.8, 4) is 0 Å². The molecule has 69 heavy (non-hydrogen) atoms. The minimum atomic E-state index is -0.816. The van der Waals surface area contributed by atoms with Gasteiger partial charge in [-0.15, -0.1) is 0 Å². The van der Waals surface area contributed by atoms with E-state index >= 15 is 0 Å². The summed E-state index contributed by atoms with van der Waals surface area (Å²) in [6.07, 6.45) is 77.5. The van der Waals surface area contributed by atoms with Gasteiger partial charge in [-0.1, -0.05) is 206 Å². The number of rotatable bonds is 49. The second kappa shape index (κ2) is 56.4. The quantitative estimate of drug-likeness (QED) is 0.0262. The van der Waals surface area contributed by atoms with E-state index in [9.17, 15) is 14.4 Å². The van der Waals surface area contributed by atoms with Crippen LogP contribution in [-0.2, 0) is 28.6 Å². The molecule has 0 aliphatic rings. The predicted molar refractivity (Wildman–Crippen MR) is 297 cm³/mol. The van der Waals surface area contributed by atoms with Gasteiger partial charge in [0.1, 0.15) is 13.2 Å². The zero-order valence-electron chi connectivity index (χ0n) is 44.5. The van der Waals surface area contributed by atoms with E-state index in [1.165, 1.54) is 64.2 Å². The number of carbonyl (C=O) groups excluding carboxylic acids is 3. The van der Waals surface area contributed by atoms with Crippen LogP contribution in [0.2, 0.25) is 0 Å². The van der Waals surface area contributed by atoms with Gasteiger partial charge in [0, 0.05) is 19.3 Å². The fraction of sp³-hybridized carbons (Fsp3) is 0.635. The molecule has 390 valence electrons. The predicted octanol–water partition coefficient (Wildman–Crippen LogP) is 18.9. The van der Waals surface area contributed by atoms with Crippen LogP contribution in [0.25, 0.3) is 0 Å². The van der Waals surface area contributed by atoms with Crippen LogP contribution >= 0.6 is 0 Å². The van der Waals surface area contributed by atoms with Gasteiger partial charge in [0.25, 0.3) is 0 Å². The Morgan fingerprint density at radius 3 is 0.942 bits per heavy atom. The van der Waals surface area contributed by atoms with Gasteiger partial charge >= 0.3 is 17.9 Å². The molecular weight excluding hydrogens is 853 g/mol. The Morgan fingerprint density at radius 2 is 0.565 bits per heavy atom. The SMILES string of the molecule is CC/C=C\C/C=C\C/C=C\C/C=C\C/C=C\CCCCCC(=O)OC[C@@H](COC(=O)CCCCCCC/C=C\CCCCCC)OC(=O)CCCCC/C=C\C/C=C\C/C=C\C/C=C\CCCCC. The zero-order valence-corrected chi connectivity index (χ0v) is 44.5. The highest BCUT2D eigenvalue weighted by Crippen LogP contribution is 2.12. The minimum Gasteiger partial charge on any atom is -0.462 e. The number of carbonyl (C=O) groups is 3. The maximum atomic E-state index is 12.8. The molecular formula is C63H102O6. The first kappa shape index (κ1) is 64.8. The molecule has 0 aromatic rings. The van der Waals surface area contributed by atoms with Gasteiger partial charge in [-0.25, -0.2) is 0 Å². The lowest BCUT2D eigenvalue weighted by molar-refractivity contribution is -0.167. The number of hydrogen-bond acceptors (Lipinski definition) is 6. The molecule has 0 aromatic heterocycles. The van der Waals surface area contributed by atoms with E-state index in [1.54, 1.807) is 0 Å². The van der Waals surface area contributed by atoms with Gasteiger partial charge in [-0.05, 0) is 135 Å². The molecule has 0 aliphatic carbocycles. The van der Waals surface area contributed by atoms with Crippen molar-refractivity contribution in [2.75, 3.05) is 13.2 Å². The van der Waals surface area contributed by atoms with Crippen LogP contribution in [0.3, 0.4) is 0 Å². The molecule has 6 nitrogen and oxygen atoms in total. The lowest BCUT2D eigenvalue weighted by Crippen LogP contribution is -2.30. The largest absolute Gasteiger partial charge is 0.462 e. The van der Waals surface area contributed by atoms with Crippen molar-refractivity contribution in [2.45, 2.75) is 245 Å². The van der Waals surface area contributed by atoms with Crippen molar-refractivity contribution in [3.05, 3.63) is 122 Å². The standard InChI is InChI=1S/C63H102O6/c1-4-7-10-13-16-19-22-25-27-29-31-33-35-38-41-44-47-50-53-56-62(65)68-59-60(58-67-61(64)55-52-49-46-43-40-37-24-21-18-15-12-9-6-3)69-63(66)57-54-51-48-45-42-39-36-34-32-30-28-26-23-20-17-14-11-8-5-2/h7,10,16-17,19-21,24-28,31-34,38-39,41-42,60H,4-6,8-9,11-15,18,22-23,29-30,35-37,40,43-59H2,1-3H3/b10-7-,19-16-,20-17-,24-21-,27-25-,28-26-,33-31-,34-32-,41-38-,42-39-/t60-/m1/s1. The van der Waals surface area contributed by atoms with Crippen molar-refractivity contribution in [3.63, 3.8) is 0 Å². The molecule has 0 fully saturated rings. The Bertz CT molecular complexity index is 1470. The van der Waals surface area contributed by atoms with E-state index < -0.39 is 6.10 Å². The molecule has 0 amide bonds. The third-order valence-electron chi connectivity index (χ3n) is 11.4. The molecule has 0 unspecified atom stereocenters. The van der Waals surface area contributed by atoms with Crippen molar-refractivity contribution in [1.82, 2.24) is 0 Å². The number of esters is 3. The van der Waals surface area contributed by atoms with Crippen molar-refractivity contribution in [2.24, 2.45) is 0 Å². The smallest absolute Gasteiger partial charge is 0.306 e. The van der Waals surface area contributed by atoms with Crippen LogP contribution in [0.1, 0.15) is 239 Å². The first-order valence-corrected chi connectivity index (χ1v) is 28.0. The summed E-state index contributed by atoms with van der Waals surface area (Å²) >= 11 is 0. The summed E-state index contributed by atoms with van der Waals surface area (Å²) in [7, 11) is 0. The Morgan fingerprint density at radius 1 is 0.304 bits per heavy atom. The van der Waals surface area contributed by atoms with Crippen molar-refractivity contribution in [1.29, 1.82) is 0 Å². The molecule has 0 aromatic carbocycles. The monoisotopic (exact) mass is 955 g/mol. The van der Waals surface area contributed by atoms with Crippen LogP contribution in [0.5, 0.6) is 0 Å². The second-order valence-corrected chi connectivity index (χ2v) is 18.1. The third-order valence-corrected chi connectivity index (χ3v) is 11.4. The lowest BCUT2D eigenvalue weighted by Gasteiger charge is -2.18. The van der Waals surface area contributed by atoms with Gasteiger partial charge in [-0.3, -0.25) is 14.4 Å². The molecule has 0 bridgehead atoms. The third kappa shape index (κ3) is 54.6. The van der Waals surface area contributed by atoms with E-state index in [4.69, 9.17) is 14.2 Å². The van der Waals surface area contributed by atoms with Gasteiger partial charge in [0.2, 0.25) is 0 Å². The van der Waals surface area contributed by atoms with E-state index in [1.807, 2.05) is 0 Å². The summed E-state index contributed by atoms with van der Waals surface area (Å²) in [6.45, 7) is 6.41. The molecule has 0 saturated heterocycles.